The molecule has 2 heterocycles. The molecule has 0 bridgehead atoms. The van der Waals surface area contributed by atoms with Crippen LogP contribution in [0, 0.1) is 0 Å². The van der Waals surface area contributed by atoms with Gasteiger partial charge in [-0.2, -0.15) is 0 Å². The van der Waals surface area contributed by atoms with E-state index in [4.69, 9.17) is 21.3 Å². The van der Waals surface area contributed by atoms with E-state index in [0.29, 0.717) is 27.5 Å². The minimum absolute atomic E-state index is 0.273. The summed E-state index contributed by atoms with van der Waals surface area (Å²) in [4.78, 5) is 33.3. The summed E-state index contributed by atoms with van der Waals surface area (Å²) in [5.74, 6) is 0.323. The van der Waals surface area contributed by atoms with E-state index in [-0.39, 0.29) is 24.5 Å². The zero-order valence-corrected chi connectivity index (χ0v) is 21.9. The standard InChI is InChI=1S/C29H26ClN3O3S/c1-2-36-28(35)24-25(19-9-4-3-5-10-19)32-29-33(17-8-18-37-29)26(24)20-13-15-21(16-14-20)31-27(34)22-11-6-7-12-23(22)30/h3-7,9-16,26H,2,8,17-18H2,1H3,(H,31,34). The van der Waals surface area contributed by atoms with Gasteiger partial charge in [0.1, 0.15) is 0 Å². The number of nitrogens with one attached hydrogen (secondary N) is 1. The SMILES string of the molecule is CCOC(=O)C1=C(c2ccccc2)N=C2SCCCN2C1c1ccc(NC(=O)c2ccccc2Cl)cc1. The van der Waals surface area contributed by atoms with Gasteiger partial charge in [0.15, 0.2) is 5.17 Å². The Morgan fingerprint density at radius 3 is 2.51 bits per heavy atom. The summed E-state index contributed by atoms with van der Waals surface area (Å²) < 4.78 is 5.53. The van der Waals surface area contributed by atoms with Crippen molar-refractivity contribution in [2.75, 3.05) is 24.2 Å². The van der Waals surface area contributed by atoms with Gasteiger partial charge in [0.05, 0.1) is 34.5 Å². The van der Waals surface area contributed by atoms with Crippen LogP contribution in [-0.2, 0) is 9.53 Å². The van der Waals surface area contributed by atoms with Crippen molar-refractivity contribution in [2.24, 2.45) is 4.99 Å². The van der Waals surface area contributed by atoms with Crippen molar-refractivity contribution < 1.29 is 14.3 Å². The predicted octanol–water partition coefficient (Wildman–Crippen LogP) is 6.42. The van der Waals surface area contributed by atoms with Gasteiger partial charge < -0.3 is 15.0 Å². The lowest BCUT2D eigenvalue weighted by Crippen LogP contribution is -2.42. The molecule has 5 rings (SSSR count). The van der Waals surface area contributed by atoms with E-state index < -0.39 is 0 Å². The molecular weight excluding hydrogens is 506 g/mol. The van der Waals surface area contributed by atoms with Crippen LogP contribution < -0.4 is 5.32 Å². The van der Waals surface area contributed by atoms with Gasteiger partial charge in [-0.25, -0.2) is 9.79 Å². The van der Waals surface area contributed by atoms with Crippen molar-refractivity contribution in [3.63, 3.8) is 0 Å². The van der Waals surface area contributed by atoms with E-state index in [1.807, 2.05) is 54.6 Å². The van der Waals surface area contributed by atoms with Crippen LogP contribution in [0.4, 0.5) is 5.69 Å². The van der Waals surface area contributed by atoms with Crippen LogP contribution in [0.5, 0.6) is 0 Å². The number of rotatable bonds is 6. The molecule has 3 aromatic carbocycles. The van der Waals surface area contributed by atoms with Gasteiger partial charge in [-0.1, -0.05) is 78.0 Å². The molecule has 2 aliphatic heterocycles. The maximum atomic E-state index is 13.4. The van der Waals surface area contributed by atoms with E-state index in [1.54, 1.807) is 43.0 Å². The summed E-state index contributed by atoms with van der Waals surface area (Å²) in [5, 5.41) is 4.20. The molecule has 1 atom stereocenters. The highest BCUT2D eigenvalue weighted by atomic mass is 35.5. The normalized spacial score (nSPS) is 17.1. The summed E-state index contributed by atoms with van der Waals surface area (Å²) in [6, 6.07) is 23.9. The Bertz CT molecular complexity index is 1370. The van der Waals surface area contributed by atoms with Crippen LogP contribution in [0.1, 0.15) is 40.9 Å². The number of anilines is 1. The van der Waals surface area contributed by atoms with Gasteiger partial charge in [0.2, 0.25) is 0 Å². The number of carbonyl (C=O) groups is 2. The Balaban J connectivity index is 1.53. The summed E-state index contributed by atoms with van der Waals surface area (Å²) in [6.07, 6.45) is 0.989. The maximum Gasteiger partial charge on any atom is 0.338 e. The highest BCUT2D eigenvalue weighted by Gasteiger charge is 2.39. The number of esters is 1. The third-order valence-electron chi connectivity index (χ3n) is 6.21. The number of carbonyl (C=O) groups excluding carboxylic acids is 2. The molecule has 1 amide bonds. The Labute approximate surface area is 225 Å². The quantitative estimate of drug-likeness (QED) is 0.372. The van der Waals surface area contributed by atoms with Crippen molar-refractivity contribution in [2.45, 2.75) is 19.4 Å². The first kappa shape index (κ1) is 25.1. The number of hydrogen-bond donors (Lipinski definition) is 1. The van der Waals surface area contributed by atoms with Gasteiger partial charge in [0.25, 0.3) is 5.91 Å². The van der Waals surface area contributed by atoms with Gasteiger partial charge >= 0.3 is 5.97 Å². The molecule has 37 heavy (non-hydrogen) atoms. The average Bonchev–Trinajstić information content (AvgIpc) is 2.93. The fourth-order valence-electron chi connectivity index (χ4n) is 4.53. The molecule has 6 nitrogen and oxygen atoms in total. The third kappa shape index (κ3) is 5.29. The van der Waals surface area contributed by atoms with Crippen LogP contribution in [0.25, 0.3) is 5.70 Å². The third-order valence-corrected chi connectivity index (χ3v) is 7.62. The van der Waals surface area contributed by atoms with Crippen molar-refractivity contribution in [3.8, 4) is 0 Å². The monoisotopic (exact) mass is 531 g/mol. The maximum absolute atomic E-state index is 13.4. The molecule has 3 aromatic rings. The molecule has 1 fully saturated rings. The molecule has 0 spiro atoms. The van der Waals surface area contributed by atoms with Crippen LogP contribution in [0.3, 0.4) is 0 Å². The zero-order valence-electron chi connectivity index (χ0n) is 20.3. The molecule has 1 saturated heterocycles. The molecule has 1 N–H and O–H groups in total. The fourth-order valence-corrected chi connectivity index (χ4v) is 5.72. The predicted molar refractivity (Wildman–Crippen MR) is 150 cm³/mol. The highest BCUT2D eigenvalue weighted by molar-refractivity contribution is 8.13. The van der Waals surface area contributed by atoms with Gasteiger partial charge in [0, 0.05) is 23.5 Å². The van der Waals surface area contributed by atoms with E-state index in [2.05, 4.69) is 10.2 Å². The number of amides is 1. The minimum Gasteiger partial charge on any atom is -0.463 e. The van der Waals surface area contributed by atoms with Crippen LogP contribution in [0.2, 0.25) is 5.02 Å². The lowest BCUT2D eigenvalue weighted by Gasteiger charge is -2.41. The number of hydrogen-bond acceptors (Lipinski definition) is 6. The van der Waals surface area contributed by atoms with Crippen LogP contribution in [-0.4, -0.2) is 40.8 Å². The van der Waals surface area contributed by atoms with Crippen LogP contribution >= 0.6 is 23.4 Å². The lowest BCUT2D eigenvalue weighted by atomic mass is 9.91. The van der Waals surface area contributed by atoms with Crippen molar-refractivity contribution in [3.05, 3.63) is 106 Å². The molecule has 0 saturated carbocycles. The van der Waals surface area contributed by atoms with E-state index in [1.165, 1.54) is 0 Å². The van der Waals surface area contributed by atoms with Gasteiger partial charge in [-0.05, 0) is 43.2 Å². The molecule has 0 radical (unpaired) electrons. The summed E-state index contributed by atoms with van der Waals surface area (Å²) in [7, 11) is 0. The van der Waals surface area contributed by atoms with E-state index in [0.717, 1.165) is 35.0 Å². The highest BCUT2D eigenvalue weighted by Crippen LogP contribution is 2.43. The van der Waals surface area contributed by atoms with Crippen LogP contribution in [0.15, 0.2) is 89.4 Å². The summed E-state index contributed by atoms with van der Waals surface area (Å²) >= 11 is 7.89. The number of nitrogens with zero attached hydrogens (tertiary/aromatic N) is 2. The lowest BCUT2D eigenvalue weighted by molar-refractivity contribution is -0.139. The number of fused-ring (bicyclic) bond motifs is 1. The average molecular weight is 532 g/mol. The molecule has 0 aliphatic carbocycles. The number of benzene rings is 3. The van der Waals surface area contributed by atoms with E-state index in [9.17, 15) is 9.59 Å². The molecule has 8 heteroatoms. The van der Waals surface area contributed by atoms with Crippen molar-refractivity contribution in [1.29, 1.82) is 0 Å². The Hall–Kier alpha value is -3.55. The first-order valence-corrected chi connectivity index (χ1v) is 13.5. The number of thioether (sulfide) groups is 1. The number of halogens is 1. The number of aliphatic imine (C=N–C) groups is 1. The zero-order chi connectivity index (χ0) is 25.8. The second-order valence-corrected chi connectivity index (χ2v) is 10.1. The summed E-state index contributed by atoms with van der Waals surface area (Å²) in [6.45, 7) is 2.86. The van der Waals surface area contributed by atoms with Crippen molar-refractivity contribution >= 4 is 51.8 Å². The number of amidine groups is 1. The topological polar surface area (TPSA) is 71.0 Å². The fraction of sp³-hybridized carbons (Fsp3) is 0.207. The molecule has 1 unspecified atom stereocenters. The second-order valence-electron chi connectivity index (χ2n) is 8.60. The van der Waals surface area contributed by atoms with Gasteiger partial charge in [-0.3, -0.25) is 4.79 Å². The summed E-state index contributed by atoms with van der Waals surface area (Å²) in [5.41, 5.74) is 4.00. The molecule has 2 aliphatic rings. The first-order chi connectivity index (χ1) is 18.1. The Kier molecular flexibility index (Phi) is 7.63. The first-order valence-electron chi connectivity index (χ1n) is 12.2. The Morgan fingerprint density at radius 1 is 1.05 bits per heavy atom. The Morgan fingerprint density at radius 2 is 1.78 bits per heavy atom. The molecule has 0 aromatic heterocycles. The minimum atomic E-state index is -0.374. The molecular formula is C29H26ClN3O3S. The second kappa shape index (κ2) is 11.2. The largest absolute Gasteiger partial charge is 0.463 e. The van der Waals surface area contributed by atoms with Crippen molar-refractivity contribution in [1.82, 2.24) is 4.90 Å². The smallest absolute Gasteiger partial charge is 0.338 e. The molecule has 188 valence electrons. The number of ether oxygens (including phenoxy) is 1. The van der Waals surface area contributed by atoms with E-state index >= 15 is 0 Å². The van der Waals surface area contributed by atoms with Gasteiger partial charge in [-0.15, -0.1) is 0 Å².